The lowest BCUT2D eigenvalue weighted by Gasteiger charge is -2.01. The van der Waals surface area contributed by atoms with Crippen LogP contribution in [0, 0.1) is 0 Å². The molecule has 5 heteroatoms. The Morgan fingerprint density at radius 1 is 1.50 bits per heavy atom. The summed E-state index contributed by atoms with van der Waals surface area (Å²) in [5.41, 5.74) is 5.36. The number of hydrogen-bond donors (Lipinski definition) is 2. The van der Waals surface area contributed by atoms with Crippen LogP contribution in [-0.2, 0) is 0 Å². The number of nitrogen functional groups attached to an aromatic ring is 1. The summed E-state index contributed by atoms with van der Waals surface area (Å²) in [5, 5.41) is 3.04. The highest BCUT2D eigenvalue weighted by molar-refractivity contribution is 5.28. The predicted octanol–water partition coefficient (Wildman–Crippen LogP) is 0.666. The van der Waals surface area contributed by atoms with Crippen LogP contribution >= 0.6 is 0 Å². The third-order valence-electron chi connectivity index (χ3n) is 1.40. The van der Waals surface area contributed by atoms with Crippen LogP contribution in [0.5, 0.6) is 0 Å². The lowest BCUT2D eigenvalue weighted by molar-refractivity contribution is 0.824. The van der Waals surface area contributed by atoms with Crippen molar-refractivity contribution < 1.29 is 0 Å². The first-order valence-corrected chi connectivity index (χ1v) is 4.01. The van der Waals surface area contributed by atoms with Gasteiger partial charge in [0.05, 0.1) is 0 Å². The van der Waals surface area contributed by atoms with Crippen molar-refractivity contribution in [3.63, 3.8) is 0 Å². The lowest BCUT2D eigenvalue weighted by Crippen LogP contribution is -2.07. The van der Waals surface area contributed by atoms with Gasteiger partial charge in [-0.25, -0.2) is 9.97 Å². The summed E-state index contributed by atoms with van der Waals surface area (Å²) in [6.07, 6.45) is 3.65. The largest absolute Gasteiger partial charge is 0.368 e. The number of nitrogens with two attached hydrogens (primary N) is 1. The second-order valence-electron chi connectivity index (χ2n) is 2.45. The Morgan fingerprint density at radius 3 is 3.00 bits per heavy atom. The van der Waals surface area contributed by atoms with Crippen molar-refractivity contribution in [2.75, 3.05) is 17.6 Å². The summed E-state index contributed by atoms with van der Waals surface area (Å²) in [6, 6.07) is 0. The summed E-state index contributed by atoms with van der Waals surface area (Å²) < 4.78 is 0. The minimum Gasteiger partial charge on any atom is -0.368 e. The molecule has 0 radical (unpaired) electrons. The molecule has 0 spiro atoms. The van der Waals surface area contributed by atoms with Crippen LogP contribution < -0.4 is 11.1 Å². The third kappa shape index (κ3) is 2.69. The molecule has 66 valence electrons. The molecule has 1 heterocycles. The first kappa shape index (κ1) is 8.70. The highest BCUT2D eigenvalue weighted by Gasteiger charge is 1.94. The molecule has 0 aliphatic rings. The van der Waals surface area contributed by atoms with Crippen molar-refractivity contribution in [1.82, 2.24) is 15.0 Å². The van der Waals surface area contributed by atoms with Crippen LogP contribution in [-0.4, -0.2) is 21.5 Å². The maximum absolute atomic E-state index is 5.36. The zero-order valence-corrected chi connectivity index (χ0v) is 7.12. The zero-order chi connectivity index (χ0) is 8.81. The van der Waals surface area contributed by atoms with Gasteiger partial charge in [0.1, 0.15) is 6.33 Å². The number of nitrogens with zero attached hydrogens (tertiary/aromatic N) is 3. The van der Waals surface area contributed by atoms with Crippen LogP contribution in [0.3, 0.4) is 0 Å². The fraction of sp³-hybridized carbons (Fsp3) is 0.571. The van der Waals surface area contributed by atoms with E-state index in [1.165, 1.54) is 6.33 Å². The second kappa shape index (κ2) is 4.48. The number of rotatable bonds is 4. The molecule has 0 fully saturated rings. The van der Waals surface area contributed by atoms with Gasteiger partial charge < -0.3 is 11.1 Å². The Morgan fingerprint density at radius 2 is 2.33 bits per heavy atom. The van der Waals surface area contributed by atoms with Gasteiger partial charge in [0.2, 0.25) is 11.9 Å². The Hall–Kier alpha value is -1.39. The molecule has 1 rings (SSSR count). The highest BCUT2D eigenvalue weighted by atomic mass is 15.2. The van der Waals surface area contributed by atoms with Gasteiger partial charge in [-0.2, -0.15) is 4.98 Å². The van der Waals surface area contributed by atoms with Crippen molar-refractivity contribution in [1.29, 1.82) is 0 Å². The van der Waals surface area contributed by atoms with Crippen LogP contribution in [0.1, 0.15) is 19.8 Å². The summed E-state index contributed by atoms with van der Waals surface area (Å²) >= 11 is 0. The standard InChI is InChI=1S/C7H13N5/c1-2-3-4-9-7-11-5-10-6(8)12-7/h5H,2-4H2,1H3,(H3,8,9,10,11,12). The Kier molecular flexibility index (Phi) is 3.25. The first-order chi connectivity index (χ1) is 5.83. The van der Waals surface area contributed by atoms with Crippen molar-refractivity contribution >= 4 is 11.9 Å². The van der Waals surface area contributed by atoms with Crippen LogP contribution in [0.4, 0.5) is 11.9 Å². The van der Waals surface area contributed by atoms with Crippen LogP contribution in [0.2, 0.25) is 0 Å². The SMILES string of the molecule is CCCCNc1ncnc(N)n1. The molecule has 1 aromatic rings. The van der Waals surface area contributed by atoms with E-state index in [1.807, 2.05) is 0 Å². The molecule has 0 unspecified atom stereocenters. The third-order valence-corrected chi connectivity index (χ3v) is 1.40. The maximum Gasteiger partial charge on any atom is 0.227 e. The summed E-state index contributed by atoms with van der Waals surface area (Å²) in [4.78, 5) is 11.5. The molecule has 0 bridgehead atoms. The molecule has 0 amide bonds. The number of unbranched alkanes of at least 4 members (excludes halogenated alkanes) is 1. The molecular weight excluding hydrogens is 154 g/mol. The minimum absolute atomic E-state index is 0.254. The smallest absolute Gasteiger partial charge is 0.227 e. The van der Waals surface area contributed by atoms with Crippen molar-refractivity contribution in [3.05, 3.63) is 6.33 Å². The van der Waals surface area contributed by atoms with Gasteiger partial charge in [0.25, 0.3) is 0 Å². The molecule has 12 heavy (non-hydrogen) atoms. The molecule has 3 N–H and O–H groups in total. The van der Waals surface area contributed by atoms with Crippen molar-refractivity contribution in [2.45, 2.75) is 19.8 Å². The van der Waals surface area contributed by atoms with E-state index in [1.54, 1.807) is 0 Å². The summed E-state index contributed by atoms with van der Waals surface area (Å²) in [5.74, 6) is 0.806. The fourth-order valence-corrected chi connectivity index (χ4v) is 0.771. The van der Waals surface area contributed by atoms with E-state index in [9.17, 15) is 0 Å². The van der Waals surface area contributed by atoms with Gasteiger partial charge in [0, 0.05) is 6.54 Å². The first-order valence-electron chi connectivity index (χ1n) is 4.01. The number of aromatic nitrogens is 3. The topological polar surface area (TPSA) is 76.7 Å². The van der Waals surface area contributed by atoms with Crippen molar-refractivity contribution in [2.24, 2.45) is 0 Å². The van der Waals surface area contributed by atoms with Crippen LogP contribution in [0.25, 0.3) is 0 Å². The molecule has 0 saturated carbocycles. The minimum atomic E-state index is 0.254. The van der Waals surface area contributed by atoms with Gasteiger partial charge in [-0.15, -0.1) is 0 Å². The monoisotopic (exact) mass is 167 g/mol. The van der Waals surface area contributed by atoms with E-state index >= 15 is 0 Å². The molecule has 0 atom stereocenters. The highest BCUT2D eigenvalue weighted by Crippen LogP contribution is 1.97. The number of hydrogen-bond acceptors (Lipinski definition) is 5. The zero-order valence-electron chi connectivity index (χ0n) is 7.12. The van der Waals surface area contributed by atoms with Gasteiger partial charge in [-0.3, -0.25) is 0 Å². The number of nitrogens with one attached hydrogen (secondary N) is 1. The van der Waals surface area contributed by atoms with Crippen LogP contribution in [0.15, 0.2) is 6.33 Å². The molecule has 0 aliphatic carbocycles. The molecule has 0 aromatic carbocycles. The van der Waals surface area contributed by atoms with E-state index in [0.29, 0.717) is 5.95 Å². The predicted molar refractivity (Wildman–Crippen MR) is 47.6 cm³/mol. The normalized spacial score (nSPS) is 9.75. The van der Waals surface area contributed by atoms with E-state index in [2.05, 4.69) is 27.2 Å². The molecule has 1 aromatic heterocycles. The summed E-state index contributed by atoms with van der Waals surface area (Å²) in [7, 11) is 0. The van der Waals surface area contributed by atoms with Crippen molar-refractivity contribution in [3.8, 4) is 0 Å². The average molecular weight is 167 g/mol. The molecular formula is C7H13N5. The van der Waals surface area contributed by atoms with Gasteiger partial charge in [-0.1, -0.05) is 13.3 Å². The Bertz CT molecular complexity index is 237. The molecule has 0 aliphatic heterocycles. The van der Waals surface area contributed by atoms with Gasteiger partial charge >= 0.3 is 0 Å². The number of anilines is 2. The van der Waals surface area contributed by atoms with Gasteiger partial charge in [-0.05, 0) is 6.42 Å². The Balaban J connectivity index is 2.41. The quantitative estimate of drug-likeness (QED) is 0.644. The van der Waals surface area contributed by atoms with E-state index in [4.69, 9.17) is 5.73 Å². The summed E-state index contributed by atoms with van der Waals surface area (Å²) in [6.45, 7) is 3.00. The Labute approximate surface area is 71.4 Å². The molecule has 0 saturated heterocycles. The van der Waals surface area contributed by atoms with Gasteiger partial charge in [0.15, 0.2) is 0 Å². The van der Waals surface area contributed by atoms with E-state index in [0.717, 1.165) is 19.4 Å². The average Bonchev–Trinajstić information content (AvgIpc) is 2.05. The van der Waals surface area contributed by atoms with E-state index < -0.39 is 0 Å². The molecule has 5 nitrogen and oxygen atoms in total. The second-order valence-corrected chi connectivity index (χ2v) is 2.45. The maximum atomic E-state index is 5.36. The van der Waals surface area contributed by atoms with E-state index in [-0.39, 0.29) is 5.95 Å². The fourth-order valence-electron chi connectivity index (χ4n) is 0.771. The lowest BCUT2D eigenvalue weighted by atomic mass is 10.3.